The Kier molecular flexibility index (Phi) is 6.10. The van der Waals surface area contributed by atoms with E-state index in [0.29, 0.717) is 0 Å². The summed E-state index contributed by atoms with van der Waals surface area (Å²) in [5, 5.41) is 3.59. The van der Waals surface area contributed by atoms with Crippen molar-refractivity contribution in [3.05, 3.63) is 70.2 Å². The molecule has 2 aromatic rings. The number of carbonyl (C=O) groups is 1. The van der Waals surface area contributed by atoms with Crippen molar-refractivity contribution in [3.63, 3.8) is 0 Å². The first-order chi connectivity index (χ1) is 14.0. The third-order valence-electron chi connectivity index (χ3n) is 5.64. The number of rotatable bonds is 4. The monoisotopic (exact) mass is 420 g/mol. The zero-order valence-corrected chi connectivity index (χ0v) is 16.6. The molecule has 2 aliphatic heterocycles. The summed E-state index contributed by atoms with van der Waals surface area (Å²) >= 11 is 5.96. The number of benzene rings is 2. The van der Waals surface area contributed by atoms with E-state index in [0.717, 1.165) is 49.5 Å². The van der Waals surface area contributed by atoms with Gasteiger partial charge in [-0.1, -0.05) is 23.7 Å². The van der Waals surface area contributed by atoms with Gasteiger partial charge in [0.2, 0.25) is 0 Å². The Morgan fingerprint density at radius 3 is 2.48 bits per heavy atom. The molecular weight excluding hydrogens is 398 g/mol. The minimum absolute atomic E-state index is 0.0235. The van der Waals surface area contributed by atoms with Crippen molar-refractivity contribution < 1.29 is 13.6 Å². The van der Waals surface area contributed by atoms with Gasteiger partial charge in [0.05, 0.1) is 11.7 Å². The minimum Gasteiger partial charge on any atom is -0.349 e. The lowest BCUT2D eigenvalue weighted by Crippen LogP contribution is -2.51. The van der Waals surface area contributed by atoms with Crippen molar-refractivity contribution in [1.29, 1.82) is 0 Å². The van der Waals surface area contributed by atoms with Crippen molar-refractivity contribution in [1.82, 2.24) is 21.1 Å². The molecule has 0 radical (unpaired) electrons. The van der Waals surface area contributed by atoms with E-state index >= 15 is 0 Å². The highest BCUT2D eigenvalue weighted by molar-refractivity contribution is 6.30. The zero-order valence-electron chi connectivity index (χ0n) is 15.8. The molecule has 0 spiro atoms. The van der Waals surface area contributed by atoms with Gasteiger partial charge in [-0.3, -0.25) is 9.69 Å². The molecule has 29 heavy (non-hydrogen) atoms. The number of nitrogens with zero attached hydrogens (tertiary/aromatic N) is 1. The summed E-state index contributed by atoms with van der Waals surface area (Å²) in [6, 6.07) is 11.0. The van der Waals surface area contributed by atoms with Crippen LogP contribution in [0.2, 0.25) is 5.02 Å². The van der Waals surface area contributed by atoms with E-state index in [4.69, 9.17) is 11.6 Å². The second-order valence-corrected chi connectivity index (χ2v) is 7.99. The molecule has 154 valence electrons. The fraction of sp³-hybridized carbons (Fsp3) is 0.381. The molecule has 5 nitrogen and oxygen atoms in total. The van der Waals surface area contributed by atoms with Crippen molar-refractivity contribution >= 4 is 17.5 Å². The highest BCUT2D eigenvalue weighted by atomic mass is 35.5. The van der Waals surface area contributed by atoms with Gasteiger partial charge in [0, 0.05) is 36.3 Å². The molecule has 2 unspecified atom stereocenters. The number of hydrogen-bond acceptors (Lipinski definition) is 4. The largest absolute Gasteiger partial charge is 0.349 e. The number of halogens is 3. The summed E-state index contributed by atoms with van der Waals surface area (Å²) in [6.07, 6.45) is 2.69. The highest BCUT2D eigenvalue weighted by Gasteiger charge is 2.32. The first-order valence-corrected chi connectivity index (χ1v) is 10.1. The standard InChI is InChI=1S/C21H23ClF2N4O/c22-14-3-1-13(2-4-14)19-12-20(27-26-19)28-9-7-16(8-10-28)25-21(29)17-6-5-15(23)11-18(17)24/h1-6,11,16,19-20,26-27H,7-10,12H2,(H,25,29). The Labute approximate surface area is 173 Å². The fourth-order valence-corrected chi connectivity index (χ4v) is 4.11. The summed E-state index contributed by atoms with van der Waals surface area (Å²) in [7, 11) is 0. The van der Waals surface area contributed by atoms with E-state index in [9.17, 15) is 13.6 Å². The Hall–Kier alpha value is -2.06. The summed E-state index contributed by atoms with van der Waals surface area (Å²) < 4.78 is 26.8. The number of hydrogen-bond donors (Lipinski definition) is 3. The second kappa shape index (κ2) is 8.75. The van der Waals surface area contributed by atoms with Crippen LogP contribution in [-0.2, 0) is 0 Å². The number of nitrogens with one attached hydrogen (secondary N) is 3. The van der Waals surface area contributed by atoms with Gasteiger partial charge in [-0.2, -0.15) is 0 Å². The molecule has 0 bridgehead atoms. The number of carbonyl (C=O) groups excluding carboxylic acids is 1. The van der Waals surface area contributed by atoms with Crippen molar-refractivity contribution in [3.8, 4) is 0 Å². The number of amides is 1. The lowest BCUT2D eigenvalue weighted by Gasteiger charge is -2.35. The number of hydrazine groups is 1. The molecule has 8 heteroatoms. The minimum atomic E-state index is -0.839. The van der Waals surface area contributed by atoms with Crippen molar-refractivity contribution in [2.24, 2.45) is 0 Å². The van der Waals surface area contributed by atoms with E-state index in [1.807, 2.05) is 24.3 Å². The van der Waals surface area contributed by atoms with Gasteiger partial charge in [0.25, 0.3) is 5.91 Å². The normalized spacial score (nSPS) is 23.3. The van der Waals surface area contributed by atoms with Gasteiger partial charge in [0.15, 0.2) is 0 Å². The fourth-order valence-electron chi connectivity index (χ4n) is 3.98. The quantitative estimate of drug-likeness (QED) is 0.709. The Bertz CT molecular complexity index is 871. The van der Waals surface area contributed by atoms with Crippen LogP contribution in [-0.4, -0.2) is 36.1 Å². The zero-order chi connectivity index (χ0) is 20.4. The van der Waals surface area contributed by atoms with Crippen LogP contribution in [0.1, 0.15) is 41.2 Å². The van der Waals surface area contributed by atoms with Crippen LogP contribution in [0.15, 0.2) is 42.5 Å². The van der Waals surface area contributed by atoms with E-state index in [-0.39, 0.29) is 23.8 Å². The van der Waals surface area contributed by atoms with Gasteiger partial charge < -0.3 is 5.32 Å². The van der Waals surface area contributed by atoms with Gasteiger partial charge in [-0.25, -0.2) is 19.6 Å². The summed E-state index contributed by atoms with van der Waals surface area (Å²) in [5.74, 6) is -2.03. The van der Waals surface area contributed by atoms with E-state index in [2.05, 4.69) is 21.1 Å². The van der Waals surface area contributed by atoms with Crippen LogP contribution < -0.4 is 16.2 Å². The van der Waals surface area contributed by atoms with Gasteiger partial charge in [-0.15, -0.1) is 0 Å². The van der Waals surface area contributed by atoms with Crippen LogP contribution in [0.4, 0.5) is 8.78 Å². The lowest BCUT2D eigenvalue weighted by molar-refractivity contribution is 0.0876. The maximum absolute atomic E-state index is 13.8. The third kappa shape index (κ3) is 4.75. The molecule has 2 aromatic carbocycles. The van der Waals surface area contributed by atoms with Gasteiger partial charge in [0.1, 0.15) is 11.6 Å². The highest BCUT2D eigenvalue weighted by Crippen LogP contribution is 2.26. The number of likely N-dealkylation sites (tertiary alicyclic amines) is 1. The van der Waals surface area contributed by atoms with E-state index in [1.165, 1.54) is 11.6 Å². The molecule has 3 N–H and O–H groups in total. The second-order valence-electron chi connectivity index (χ2n) is 7.55. The Balaban J connectivity index is 1.27. The molecule has 2 saturated heterocycles. The van der Waals surface area contributed by atoms with E-state index < -0.39 is 17.5 Å². The summed E-state index contributed by atoms with van der Waals surface area (Å²) in [6.45, 7) is 1.65. The molecule has 4 rings (SSSR count). The first-order valence-electron chi connectivity index (χ1n) is 9.76. The third-order valence-corrected chi connectivity index (χ3v) is 5.89. The van der Waals surface area contributed by atoms with E-state index in [1.54, 1.807) is 0 Å². The topological polar surface area (TPSA) is 56.4 Å². The van der Waals surface area contributed by atoms with Gasteiger partial charge in [-0.05, 0) is 49.1 Å². The van der Waals surface area contributed by atoms with Crippen LogP contribution in [0, 0.1) is 11.6 Å². The van der Waals surface area contributed by atoms with Crippen LogP contribution >= 0.6 is 11.6 Å². The average Bonchev–Trinajstić information content (AvgIpc) is 3.19. The molecule has 2 heterocycles. The Morgan fingerprint density at radius 2 is 1.79 bits per heavy atom. The molecule has 1 amide bonds. The van der Waals surface area contributed by atoms with Gasteiger partial charge >= 0.3 is 0 Å². The van der Waals surface area contributed by atoms with Crippen molar-refractivity contribution in [2.75, 3.05) is 13.1 Å². The number of piperidine rings is 1. The predicted octanol–water partition coefficient (Wildman–Crippen LogP) is 3.38. The smallest absolute Gasteiger partial charge is 0.254 e. The maximum atomic E-state index is 13.8. The van der Waals surface area contributed by atoms with Crippen LogP contribution in [0.5, 0.6) is 0 Å². The molecule has 2 atom stereocenters. The van der Waals surface area contributed by atoms with Crippen molar-refractivity contribution in [2.45, 2.75) is 37.5 Å². The molecule has 2 fully saturated rings. The molecule has 0 saturated carbocycles. The summed E-state index contributed by atoms with van der Waals surface area (Å²) in [5.41, 5.74) is 7.76. The average molecular weight is 421 g/mol. The lowest BCUT2D eigenvalue weighted by atomic mass is 10.0. The molecule has 2 aliphatic rings. The molecule has 0 aromatic heterocycles. The molecular formula is C21H23ClF2N4O. The van der Waals surface area contributed by atoms with Crippen LogP contribution in [0.3, 0.4) is 0 Å². The molecule has 0 aliphatic carbocycles. The Morgan fingerprint density at radius 1 is 1.07 bits per heavy atom. The SMILES string of the molecule is O=C(NC1CCN(C2CC(c3ccc(Cl)cc3)NN2)CC1)c1ccc(F)cc1F. The predicted molar refractivity (Wildman–Crippen MR) is 107 cm³/mol. The first kappa shape index (κ1) is 20.2. The maximum Gasteiger partial charge on any atom is 0.254 e. The summed E-state index contributed by atoms with van der Waals surface area (Å²) in [4.78, 5) is 14.6. The van der Waals surface area contributed by atoms with Crippen LogP contribution in [0.25, 0.3) is 0 Å².